The highest BCUT2D eigenvalue weighted by Gasteiger charge is 2.21. The maximum atomic E-state index is 11.5. The Morgan fingerprint density at radius 1 is 1.44 bits per heavy atom. The van der Waals surface area contributed by atoms with Crippen LogP contribution in [0.15, 0.2) is 12.4 Å². The lowest BCUT2D eigenvalue weighted by atomic mass is 10.1. The third kappa shape index (κ3) is 3.26. The van der Waals surface area contributed by atoms with Gasteiger partial charge in [0.1, 0.15) is 11.9 Å². The first-order valence-electron chi connectivity index (χ1n) is 6.48. The highest BCUT2D eigenvalue weighted by Crippen LogP contribution is 2.24. The Morgan fingerprint density at radius 3 is 2.61 bits per heavy atom. The monoisotopic (exact) mass is 248 g/mol. The largest absolute Gasteiger partial charge is 0.368 e. The summed E-state index contributed by atoms with van der Waals surface area (Å²) in [5, 5.41) is 3.24. The Kier molecular flexibility index (Phi) is 4.25. The van der Waals surface area contributed by atoms with Crippen molar-refractivity contribution in [3.8, 4) is 0 Å². The molecule has 1 aliphatic rings. The van der Waals surface area contributed by atoms with Gasteiger partial charge >= 0.3 is 0 Å². The maximum absolute atomic E-state index is 11.5. The van der Waals surface area contributed by atoms with Crippen molar-refractivity contribution in [2.24, 2.45) is 11.7 Å². The number of aryl methyl sites for hydroxylation is 1. The Balaban J connectivity index is 1.99. The van der Waals surface area contributed by atoms with Crippen LogP contribution in [0, 0.1) is 12.8 Å². The van der Waals surface area contributed by atoms with Gasteiger partial charge in [-0.05, 0) is 32.2 Å². The summed E-state index contributed by atoms with van der Waals surface area (Å²) in [5.74, 6) is 0.983. The van der Waals surface area contributed by atoms with Gasteiger partial charge in [0, 0.05) is 18.0 Å². The Morgan fingerprint density at radius 2 is 2.06 bits per heavy atom. The average Bonchev–Trinajstić information content (AvgIpc) is 2.84. The van der Waals surface area contributed by atoms with E-state index in [2.05, 4.69) is 15.3 Å². The van der Waals surface area contributed by atoms with Gasteiger partial charge in [-0.3, -0.25) is 4.79 Å². The molecule has 1 heterocycles. The van der Waals surface area contributed by atoms with E-state index < -0.39 is 6.04 Å². The number of carbonyl (C=O) groups excluding carboxylic acids is 1. The minimum atomic E-state index is -0.480. The van der Waals surface area contributed by atoms with Gasteiger partial charge < -0.3 is 11.1 Å². The van der Waals surface area contributed by atoms with Crippen LogP contribution in [0.25, 0.3) is 0 Å². The summed E-state index contributed by atoms with van der Waals surface area (Å²) in [4.78, 5) is 19.7. The molecule has 0 aromatic carbocycles. The van der Waals surface area contributed by atoms with E-state index in [1.165, 1.54) is 25.7 Å². The van der Waals surface area contributed by atoms with Crippen LogP contribution in [0.4, 0.5) is 0 Å². The second-order valence-electron chi connectivity index (χ2n) is 4.96. The van der Waals surface area contributed by atoms with Crippen LogP contribution in [-0.2, 0) is 4.79 Å². The molecule has 1 atom stereocenters. The molecule has 0 aliphatic heterocycles. The summed E-state index contributed by atoms with van der Waals surface area (Å²) >= 11 is 0. The second-order valence-corrected chi connectivity index (χ2v) is 4.96. The molecule has 1 saturated carbocycles. The van der Waals surface area contributed by atoms with E-state index >= 15 is 0 Å². The fourth-order valence-electron chi connectivity index (χ4n) is 2.43. The number of hydrogen-bond acceptors (Lipinski definition) is 4. The van der Waals surface area contributed by atoms with Crippen LogP contribution in [-0.4, -0.2) is 22.4 Å². The van der Waals surface area contributed by atoms with E-state index in [4.69, 9.17) is 5.73 Å². The Labute approximate surface area is 107 Å². The number of nitrogens with one attached hydrogen (secondary N) is 1. The summed E-state index contributed by atoms with van der Waals surface area (Å²) < 4.78 is 0. The molecule has 0 radical (unpaired) electrons. The fraction of sp³-hybridized carbons (Fsp3) is 0.615. The van der Waals surface area contributed by atoms with Crippen LogP contribution >= 0.6 is 0 Å². The van der Waals surface area contributed by atoms with E-state index in [1.807, 2.05) is 6.92 Å². The summed E-state index contributed by atoms with van der Waals surface area (Å²) in [5.41, 5.74) is 6.18. The summed E-state index contributed by atoms with van der Waals surface area (Å²) in [6.07, 6.45) is 8.40. The lowest BCUT2D eigenvalue weighted by molar-refractivity contribution is -0.120. The number of primary amides is 1. The molecular weight excluding hydrogens is 228 g/mol. The molecule has 5 nitrogen and oxygen atoms in total. The molecule has 0 spiro atoms. The zero-order valence-electron chi connectivity index (χ0n) is 10.7. The molecule has 2 rings (SSSR count). The highest BCUT2D eigenvalue weighted by atomic mass is 16.1. The Hall–Kier alpha value is -1.49. The second kappa shape index (κ2) is 5.91. The normalized spacial score (nSPS) is 17.8. The van der Waals surface area contributed by atoms with E-state index in [-0.39, 0.29) is 5.91 Å². The quantitative estimate of drug-likeness (QED) is 0.817. The van der Waals surface area contributed by atoms with Crippen molar-refractivity contribution in [3.63, 3.8) is 0 Å². The molecule has 0 bridgehead atoms. The van der Waals surface area contributed by atoms with E-state index in [0.717, 1.165) is 12.1 Å². The molecule has 0 saturated heterocycles. The van der Waals surface area contributed by atoms with Crippen molar-refractivity contribution < 1.29 is 4.79 Å². The van der Waals surface area contributed by atoms with Gasteiger partial charge in [0.25, 0.3) is 0 Å². The number of aromatic nitrogens is 2. The predicted octanol–water partition coefficient (Wildman–Crippen LogP) is 1.09. The minimum absolute atomic E-state index is 0.375. The van der Waals surface area contributed by atoms with Crippen LogP contribution < -0.4 is 11.1 Å². The molecule has 1 aliphatic carbocycles. The van der Waals surface area contributed by atoms with Crippen molar-refractivity contribution in [1.29, 1.82) is 0 Å². The lowest BCUT2D eigenvalue weighted by Crippen LogP contribution is -2.36. The molecule has 5 heteroatoms. The van der Waals surface area contributed by atoms with Gasteiger partial charge in [0.2, 0.25) is 5.91 Å². The molecule has 18 heavy (non-hydrogen) atoms. The summed E-state index contributed by atoms with van der Waals surface area (Å²) in [7, 11) is 0. The van der Waals surface area contributed by atoms with Crippen molar-refractivity contribution in [2.45, 2.75) is 38.6 Å². The van der Waals surface area contributed by atoms with Gasteiger partial charge in [-0.15, -0.1) is 0 Å². The van der Waals surface area contributed by atoms with E-state index in [9.17, 15) is 4.79 Å². The number of carbonyl (C=O) groups is 1. The molecule has 1 amide bonds. The highest BCUT2D eigenvalue weighted by molar-refractivity contribution is 5.81. The molecule has 1 aromatic rings. The first-order valence-corrected chi connectivity index (χ1v) is 6.48. The van der Waals surface area contributed by atoms with Gasteiger partial charge in [-0.25, -0.2) is 9.97 Å². The Bertz CT molecular complexity index is 398. The number of amides is 1. The number of rotatable bonds is 5. The first-order chi connectivity index (χ1) is 8.66. The molecular formula is C13H20N4O. The lowest BCUT2D eigenvalue weighted by Gasteiger charge is -2.18. The first kappa shape index (κ1) is 13.0. The smallest absolute Gasteiger partial charge is 0.239 e. The average molecular weight is 248 g/mol. The standard InChI is InChI=1S/C13H20N4O/c1-9-15-7-11(8-16-9)12(13(14)18)17-6-10-4-2-3-5-10/h7-8,10,12,17H,2-6H2,1H3,(H2,14,18). The van der Waals surface area contributed by atoms with Gasteiger partial charge in [0.05, 0.1) is 0 Å². The maximum Gasteiger partial charge on any atom is 0.239 e. The van der Waals surface area contributed by atoms with Crippen molar-refractivity contribution in [3.05, 3.63) is 23.8 Å². The zero-order chi connectivity index (χ0) is 13.0. The predicted molar refractivity (Wildman–Crippen MR) is 68.7 cm³/mol. The topological polar surface area (TPSA) is 80.9 Å². The van der Waals surface area contributed by atoms with Crippen molar-refractivity contribution in [2.75, 3.05) is 6.54 Å². The van der Waals surface area contributed by atoms with Gasteiger partial charge in [-0.2, -0.15) is 0 Å². The number of nitrogens with two attached hydrogens (primary N) is 1. The van der Waals surface area contributed by atoms with Crippen LogP contribution in [0.3, 0.4) is 0 Å². The van der Waals surface area contributed by atoms with Crippen LogP contribution in [0.1, 0.15) is 43.1 Å². The molecule has 3 N–H and O–H groups in total. The van der Waals surface area contributed by atoms with Gasteiger partial charge in [-0.1, -0.05) is 12.8 Å². The molecule has 98 valence electrons. The third-order valence-corrected chi connectivity index (χ3v) is 3.50. The minimum Gasteiger partial charge on any atom is -0.368 e. The molecule has 1 fully saturated rings. The van der Waals surface area contributed by atoms with E-state index in [0.29, 0.717) is 11.7 Å². The van der Waals surface area contributed by atoms with Crippen molar-refractivity contribution in [1.82, 2.24) is 15.3 Å². The fourth-order valence-corrected chi connectivity index (χ4v) is 2.43. The van der Waals surface area contributed by atoms with Crippen LogP contribution in [0.2, 0.25) is 0 Å². The van der Waals surface area contributed by atoms with Crippen molar-refractivity contribution >= 4 is 5.91 Å². The molecule has 1 unspecified atom stereocenters. The summed E-state index contributed by atoms with van der Waals surface area (Å²) in [6, 6.07) is -0.480. The number of nitrogens with zero attached hydrogens (tertiary/aromatic N) is 2. The number of hydrogen-bond donors (Lipinski definition) is 2. The van der Waals surface area contributed by atoms with Crippen LogP contribution in [0.5, 0.6) is 0 Å². The van der Waals surface area contributed by atoms with Gasteiger partial charge in [0.15, 0.2) is 0 Å². The SMILES string of the molecule is Cc1ncc(C(NCC2CCCC2)C(N)=O)cn1. The summed E-state index contributed by atoms with van der Waals surface area (Å²) in [6.45, 7) is 2.65. The van der Waals surface area contributed by atoms with E-state index in [1.54, 1.807) is 12.4 Å². The molecule has 1 aromatic heterocycles. The zero-order valence-corrected chi connectivity index (χ0v) is 10.7. The third-order valence-electron chi connectivity index (χ3n) is 3.50.